The molecule has 1 aromatic rings. The summed E-state index contributed by atoms with van der Waals surface area (Å²) >= 11 is 0. The van der Waals surface area contributed by atoms with Crippen LogP contribution in [0.25, 0.3) is 0 Å². The third-order valence-electron chi connectivity index (χ3n) is 5.43. The highest BCUT2D eigenvalue weighted by molar-refractivity contribution is 7.89. The van der Waals surface area contributed by atoms with E-state index in [1.807, 2.05) is 6.92 Å². The highest BCUT2D eigenvalue weighted by atomic mass is 32.2. The zero-order valence-corrected chi connectivity index (χ0v) is 17.7. The fourth-order valence-electron chi connectivity index (χ4n) is 3.35. The summed E-state index contributed by atoms with van der Waals surface area (Å²) in [7, 11) is -1.86. The number of amides is 1. The lowest BCUT2D eigenvalue weighted by Crippen LogP contribution is -2.42. The normalized spacial score (nSPS) is 19.9. The van der Waals surface area contributed by atoms with Gasteiger partial charge in [0.1, 0.15) is 0 Å². The Hall–Kier alpha value is -1.44. The van der Waals surface area contributed by atoms with Crippen molar-refractivity contribution >= 4 is 15.9 Å². The Morgan fingerprint density at radius 2 is 2.04 bits per heavy atom. The van der Waals surface area contributed by atoms with E-state index < -0.39 is 10.0 Å². The standard InChI is InChI=1S/C20H33N3O3S/c1-15(2)19(21)11-13-22(4)20(24)17-9-7-10-18(14-17)27(25,26)23-12-6-5-8-16(23)3/h7,9-10,14-16,19H,5-6,8,11-13,21H2,1-4H3. The number of rotatable bonds is 7. The van der Waals surface area contributed by atoms with Crippen LogP contribution in [0.3, 0.4) is 0 Å². The van der Waals surface area contributed by atoms with Gasteiger partial charge in [-0.05, 0) is 50.3 Å². The van der Waals surface area contributed by atoms with Gasteiger partial charge in [0.2, 0.25) is 10.0 Å². The van der Waals surface area contributed by atoms with Crippen LogP contribution in [0.15, 0.2) is 29.2 Å². The summed E-state index contributed by atoms with van der Waals surface area (Å²) in [6.07, 6.45) is 3.51. The second kappa shape index (κ2) is 9.17. The number of nitrogens with zero attached hydrogens (tertiary/aromatic N) is 2. The third-order valence-corrected chi connectivity index (χ3v) is 7.44. The van der Waals surface area contributed by atoms with Crippen LogP contribution in [0.4, 0.5) is 0 Å². The number of nitrogens with two attached hydrogens (primary N) is 1. The van der Waals surface area contributed by atoms with Crippen LogP contribution in [-0.2, 0) is 10.0 Å². The van der Waals surface area contributed by atoms with Crippen molar-refractivity contribution in [1.29, 1.82) is 0 Å². The van der Waals surface area contributed by atoms with Gasteiger partial charge in [-0.15, -0.1) is 0 Å². The molecule has 2 rings (SSSR count). The second-order valence-electron chi connectivity index (χ2n) is 7.91. The van der Waals surface area contributed by atoms with Gasteiger partial charge in [0.15, 0.2) is 0 Å². The van der Waals surface area contributed by atoms with Crippen LogP contribution in [0.5, 0.6) is 0 Å². The molecule has 27 heavy (non-hydrogen) atoms. The van der Waals surface area contributed by atoms with Crippen molar-refractivity contribution in [1.82, 2.24) is 9.21 Å². The Morgan fingerprint density at radius 1 is 1.33 bits per heavy atom. The van der Waals surface area contributed by atoms with E-state index in [4.69, 9.17) is 5.73 Å². The van der Waals surface area contributed by atoms with Crippen LogP contribution < -0.4 is 5.73 Å². The van der Waals surface area contributed by atoms with E-state index >= 15 is 0 Å². The van der Waals surface area contributed by atoms with Crippen molar-refractivity contribution in [3.8, 4) is 0 Å². The molecule has 1 aliphatic rings. The van der Waals surface area contributed by atoms with Crippen molar-refractivity contribution in [3.63, 3.8) is 0 Å². The molecule has 0 saturated carbocycles. The summed E-state index contributed by atoms with van der Waals surface area (Å²) in [5, 5.41) is 0. The first-order valence-electron chi connectivity index (χ1n) is 9.77. The smallest absolute Gasteiger partial charge is 0.253 e. The lowest BCUT2D eigenvalue weighted by atomic mass is 10.0. The molecule has 1 saturated heterocycles. The summed E-state index contributed by atoms with van der Waals surface area (Å²) in [4.78, 5) is 14.5. The topological polar surface area (TPSA) is 83.7 Å². The quantitative estimate of drug-likeness (QED) is 0.769. The summed E-state index contributed by atoms with van der Waals surface area (Å²) in [5.41, 5.74) is 6.45. The number of hydrogen-bond acceptors (Lipinski definition) is 4. The highest BCUT2D eigenvalue weighted by Gasteiger charge is 2.31. The molecule has 0 spiro atoms. The van der Waals surface area contributed by atoms with E-state index in [9.17, 15) is 13.2 Å². The first-order chi connectivity index (χ1) is 12.6. The minimum atomic E-state index is -3.59. The van der Waals surface area contributed by atoms with Gasteiger partial charge in [-0.25, -0.2) is 8.42 Å². The Balaban J connectivity index is 2.15. The van der Waals surface area contributed by atoms with Crippen LogP contribution in [0, 0.1) is 5.92 Å². The molecular weight excluding hydrogens is 362 g/mol. The number of hydrogen-bond donors (Lipinski definition) is 1. The van der Waals surface area contributed by atoms with Crippen LogP contribution in [-0.4, -0.2) is 55.8 Å². The molecule has 152 valence electrons. The monoisotopic (exact) mass is 395 g/mol. The Bertz CT molecular complexity index is 749. The Morgan fingerprint density at radius 3 is 2.67 bits per heavy atom. The second-order valence-corrected chi connectivity index (χ2v) is 9.80. The van der Waals surface area contributed by atoms with E-state index in [1.54, 1.807) is 34.5 Å². The zero-order chi connectivity index (χ0) is 20.2. The molecule has 1 aromatic carbocycles. The summed E-state index contributed by atoms with van der Waals surface area (Å²) in [5.74, 6) is 0.170. The molecule has 1 heterocycles. The van der Waals surface area contributed by atoms with Gasteiger partial charge >= 0.3 is 0 Å². The molecule has 0 aromatic heterocycles. The lowest BCUT2D eigenvalue weighted by molar-refractivity contribution is 0.0789. The summed E-state index contributed by atoms with van der Waals surface area (Å²) in [6, 6.07) is 6.40. The fourth-order valence-corrected chi connectivity index (χ4v) is 5.10. The molecule has 1 aliphatic heterocycles. The van der Waals surface area contributed by atoms with Crippen molar-refractivity contribution < 1.29 is 13.2 Å². The third kappa shape index (κ3) is 5.30. The highest BCUT2D eigenvalue weighted by Crippen LogP contribution is 2.25. The maximum absolute atomic E-state index is 13.0. The molecule has 1 amide bonds. The van der Waals surface area contributed by atoms with Gasteiger partial charge in [0.25, 0.3) is 5.91 Å². The number of piperidine rings is 1. The minimum absolute atomic E-state index is 0.0108. The van der Waals surface area contributed by atoms with Crippen molar-refractivity contribution in [2.24, 2.45) is 11.7 Å². The predicted molar refractivity (Wildman–Crippen MR) is 108 cm³/mol. The molecule has 0 radical (unpaired) electrons. The van der Waals surface area contributed by atoms with Gasteiger partial charge < -0.3 is 10.6 Å². The fraction of sp³-hybridized carbons (Fsp3) is 0.650. The van der Waals surface area contributed by atoms with Crippen molar-refractivity contribution in [2.45, 2.75) is 63.4 Å². The van der Waals surface area contributed by atoms with Crippen LogP contribution >= 0.6 is 0 Å². The van der Waals surface area contributed by atoms with Gasteiger partial charge in [-0.1, -0.05) is 26.3 Å². The largest absolute Gasteiger partial charge is 0.342 e. The molecule has 7 heteroatoms. The molecule has 1 fully saturated rings. The van der Waals surface area contributed by atoms with E-state index in [0.717, 1.165) is 19.3 Å². The van der Waals surface area contributed by atoms with Gasteiger partial charge in [0, 0.05) is 37.8 Å². The van der Waals surface area contributed by atoms with Crippen molar-refractivity contribution in [2.75, 3.05) is 20.1 Å². The number of sulfonamides is 1. The zero-order valence-electron chi connectivity index (χ0n) is 16.9. The summed E-state index contributed by atoms with van der Waals surface area (Å²) < 4.78 is 27.6. The number of carbonyl (C=O) groups excluding carboxylic acids is 1. The first-order valence-corrected chi connectivity index (χ1v) is 11.2. The van der Waals surface area contributed by atoms with E-state index in [1.165, 1.54) is 6.07 Å². The van der Waals surface area contributed by atoms with Gasteiger partial charge in [-0.2, -0.15) is 4.31 Å². The average Bonchev–Trinajstić information content (AvgIpc) is 2.65. The van der Waals surface area contributed by atoms with Gasteiger partial charge in [0.05, 0.1) is 4.90 Å². The molecule has 6 nitrogen and oxygen atoms in total. The lowest BCUT2D eigenvalue weighted by Gasteiger charge is -2.32. The van der Waals surface area contributed by atoms with Crippen molar-refractivity contribution in [3.05, 3.63) is 29.8 Å². The molecule has 0 aliphatic carbocycles. The molecular formula is C20H33N3O3S. The number of benzene rings is 1. The SMILES string of the molecule is CC(C)C(N)CCN(C)C(=O)c1cccc(S(=O)(=O)N2CCCCC2C)c1. The molecule has 0 bridgehead atoms. The van der Waals surface area contributed by atoms with E-state index in [2.05, 4.69) is 13.8 Å². The Kier molecular flexibility index (Phi) is 7.42. The minimum Gasteiger partial charge on any atom is -0.342 e. The maximum atomic E-state index is 13.0. The first kappa shape index (κ1) is 21.9. The molecule has 2 unspecified atom stereocenters. The maximum Gasteiger partial charge on any atom is 0.253 e. The van der Waals surface area contributed by atoms with E-state index in [0.29, 0.717) is 31.0 Å². The summed E-state index contributed by atoms with van der Waals surface area (Å²) in [6.45, 7) is 7.13. The van der Waals surface area contributed by atoms with Gasteiger partial charge in [-0.3, -0.25) is 4.79 Å². The molecule has 2 N–H and O–H groups in total. The number of carbonyl (C=O) groups is 1. The van der Waals surface area contributed by atoms with Crippen LogP contribution in [0.2, 0.25) is 0 Å². The average molecular weight is 396 g/mol. The predicted octanol–water partition coefficient (Wildman–Crippen LogP) is 2.70. The molecule has 2 atom stereocenters. The Labute approximate surface area is 163 Å². The van der Waals surface area contributed by atoms with E-state index in [-0.39, 0.29) is 22.9 Å². The van der Waals surface area contributed by atoms with Crippen LogP contribution in [0.1, 0.15) is 56.8 Å².